The number of rotatable bonds is 9. The van der Waals surface area contributed by atoms with Crippen molar-refractivity contribution in [3.05, 3.63) is 42.2 Å². The molecule has 1 saturated heterocycles. The molecule has 0 aromatic carbocycles. The molecule has 2 amide bonds. The summed E-state index contributed by atoms with van der Waals surface area (Å²) in [7, 11) is 0. The van der Waals surface area contributed by atoms with Gasteiger partial charge in [-0.25, -0.2) is 18.7 Å². The lowest BCUT2D eigenvalue weighted by Crippen LogP contribution is -2.18. The van der Waals surface area contributed by atoms with E-state index < -0.39 is 24.8 Å². The zero-order valence-corrected chi connectivity index (χ0v) is 17.3. The van der Waals surface area contributed by atoms with Crippen LogP contribution in [-0.4, -0.2) is 57.7 Å². The largest absolute Gasteiger partial charge is 0.444 e. The number of carbonyl (C=O) groups excluding carboxylic acids is 2. The lowest BCUT2D eigenvalue weighted by molar-refractivity contribution is 0.0995. The van der Waals surface area contributed by atoms with Gasteiger partial charge in [0.2, 0.25) is 5.89 Å². The molecule has 4 N–H and O–H groups in total. The standard InChI is InChI=1S/C20H21F2N7O4/c21-15(22)6-25-16-5-12(1-3-24-16)20-27-14(10-33-20)19(31)26-13-8-29(28-17(13)18(23)30)7-11-2-4-32-9-11/h1,3,5,8,10-11,15H,2,4,6-7,9H2,(H2,23,30)(H,24,25)(H,26,31)/t11-/m1/s1. The summed E-state index contributed by atoms with van der Waals surface area (Å²) in [6.07, 6.45) is 2.41. The predicted octanol–water partition coefficient (Wildman–Crippen LogP) is 2.00. The first kappa shape index (κ1) is 22.3. The molecule has 0 unspecified atom stereocenters. The number of carbonyl (C=O) groups is 2. The number of nitrogens with two attached hydrogens (primary N) is 1. The van der Waals surface area contributed by atoms with Gasteiger partial charge in [-0.05, 0) is 18.6 Å². The zero-order valence-electron chi connectivity index (χ0n) is 17.3. The van der Waals surface area contributed by atoms with E-state index in [0.29, 0.717) is 25.3 Å². The second-order valence-electron chi connectivity index (χ2n) is 7.40. The second kappa shape index (κ2) is 9.73. The third-order valence-electron chi connectivity index (χ3n) is 4.89. The number of pyridine rings is 1. The summed E-state index contributed by atoms with van der Waals surface area (Å²) in [4.78, 5) is 32.5. The molecule has 0 spiro atoms. The number of amides is 2. The van der Waals surface area contributed by atoms with E-state index in [1.165, 1.54) is 18.5 Å². The van der Waals surface area contributed by atoms with Gasteiger partial charge >= 0.3 is 0 Å². The fourth-order valence-electron chi connectivity index (χ4n) is 3.32. The molecule has 13 heteroatoms. The Labute approximate surface area is 186 Å². The van der Waals surface area contributed by atoms with Crippen LogP contribution in [0.15, 0.2) is 35.2 Å². The van der Waals surface area contributed by atoms with E-state index >= 15 is 0 Å². The molecular formula is C20H21F2N7O4. The fourth-order valence-corrected chi connectivity index (χ4v) is 3.32. The molecule has 1 aliphatic heterocycles. The van der Waals surface area contributed by atoms with Crippen LogP contribution in [-0.2, 0) is 11.3 Å². The summed E-state index contributed by atoms with van der Waals surface area (Å²) >= 11 is 0. The van der Waals surface area contributed by atoms with Crippen molar-refractivity contribution in [1.82, 2.24) is 19.7 Å². The van der Waals surface area contributed by atoms with Crippen molar-refractivity contribution in [2.45, 2.75) is 19.4 Å². The zero-order chi connectivity index (χ0) is 23.4. The molecule has 1 fully saturated rings. The quantitative estimate of drug-likeness (QED) is 0.438. The third kappa shape index (κ3) is 5.49. The molecule has 33 heavy (non-hydrogen) atoms. The van der Waals surface area contributed by atoms with E-state index in [0.717, 1.165) is 12.7 Å². The van der Waals surface area contributed by atoms with Crippen LogP contribution >= 0.6 is 0 Å². The first-order chi connectivity index (χ1) is 15.9. The normalized spacial score (nSPS) is 15.7. The first-order valence-electron chi connectivity index (χ1n) is 10.1. The van der Waals surface area contributed by atoms with E-state index in [4.69, 9.17) is 14.9 Å². The molecule has 0 bridgehead atoms. The monoisotopic (exact) mass is 461 g/mol. The Balaban J connectivity index is 1.47. The van der Waals surface area contributed by atoms with Gasteiger partial charge in [-0.2, -0.15) is 5.10 Å². The lowest BCUT2D eigenvalue weighted by Gasteiger charge is -2.06. The Hall–Kier alpha value is -3.87. The van der Waals surface area contributed by atoms with Gasteiger partial charge < -0.3 is 25.5 Å². The van der Waals surface area contributed by atoms with E-state index in [9.17, 15) is 18.4 Å². The summed E-state index contributed by atoms with van der Waals surface area (Å²) < 4.78 is 37.0. The lowest BCUT2D eigenvalue weighted by atomic mass is 10.1. The number of primary amides is 1. The summed E-state index contributed by atoms with van der Waals surface area (Å²) in [5.41, 5.74) is 5.86. The smallest absolute Gasteiger partial charge is 0.277 e. The third-order valence-corrected chi connectivity index (χ3v) is 4.89. The number of anilines is 2. The number of hydrogen-bond donors (Lipinski definition) is 3. The van der Waals surface area contributed by atoms with Crippen molar-refractivity contribution in [2.75, 3.05) is 30.4 Å². The number of hydrogen-bond acceptors (Lipinski definition) is 8. The number of aromatic nitrogens is 4. The van der Waals surface area contributed by atoms with E-state index in [-0.39, 0.29) is 34.7 Å². The van der Waals surface area contributed by atoms with Crippen LogP contribution in [0.4, 0.5) is 20.3 Å². The number of ether oxygens (including phenoxy) is 1. The molecule has 11 nitrogen and oxygen atoms in total. The van der Waals surface area contributed by atoms with Gasteiger partial charge in [0.15, 0.2) is 11.4 Å². The molecule has 174 valence electrons. The van der Waals surface area contributed by atoms with Crippen LogP contribution < -0.4 is 16.4 Å². The SMILES string of the molecule is NC(=O)c1nn(C[C@H]2CCOC2)cc1NC(=O)c1coc(-c2ccnc(NCC(F)F)c2)n1. The van der Waals surface area contributed by atoms with Gasteiger partial charge in [0, 0.05) is 37.0 Å². The summed E-state index contributed by atoms with van der Waals surface area (Å²) in [6.45, 7) is 1.24. The number of halogens is 2. The van der Waals surface area contributed by atoms with Crippen molar-refractivity contribution in [1.29, 1.82) is 0 Å². The highest BCUT2D eigenvalue weighted by Gasteiger charge is 2.22. The minimum atomic E-state index is -2.53. The predicted molar refractivity (Wildman–Crippen MR) is 112 cm³/mol. The van der Waals surface area contributed by atoms with Crippen LogP contribution in [0.2, 0.25) is 0 Å². The van der Waals surface area contributed by atoms with Crippen LogP contribution in [0.1, 0.15) is 27.4 Å². The molecule has 1 atom stereocenters. The van der Waals surface area contributed by atoms with Gasteiger partial charge in [0.25, 0.3) is 18.2 Å². The maximum Gasteiger partial charge on any atom is 0.277 e. The Morgan fingerprint density at radius 2 is 2.21 bits per heavy atom. The first-order valence-corrected chi connectivity index (χ1v) is 10.1. The Kier molecular flexibility index (Phi) is 6.58. The molecule has 0 radical (unpaired) electrons. The fraction of sp³-hybridized carbons (Fsp3) is 0.350. The Morgan fingerprint density at radius 1 is 1.36 bits per heavy atom. The number of oxazole rings is 1. The average molecular weight is 461 g/mol. The van der Waals surface area contributed by atoms with Gasteiger partial charge in [-0.1, -0.05) is 0 Å². The molecule has 0 saturated carbocycles. The molecule has 3 aromatic rings. The van der Waals surface area contributed by atoms with Gasteiger partial charge in [-0.15, -0.1) is 0 Å². The van der Waals surface area contributed by atoms with Gasteiger partial charge in [0.05, 0.1) is 18.8 Å². The summed E-state index contributed by atoms with van der Waals surface area (Å²) in [5, 5.41) is 9.24. The number of nitrogens with one attached hydrogen (secondary N) is 2. The maximum atomic E-state index is 12.7. The van der Waals surface area contributed by atoms with Crippen molar-refractivity contribution in [2.24, 2.45) is 11.7 Å². The number of nitrogens with zero attached hydrogens (tertiary/aromatic N) is 4. The van der Waals surface area contributed by atoms with Crippen LogP contribution in [0.3, 0.4) is 0 Å². The van der Waals surface area contributed by atoms with E-state index in [1.807, 2.05) is 0 Å². The summed E-state index contributed by atoms with van der Waals surface area (Å²) in [5.74, 6) is -0.861. The average Bonchev–Trinajstić information content (AvgIpc) is 3.54. The molecular weight excluding hydrogens is 440 g/mol. The summed E-state index contributed by atoms with van der Waals surface area (Å²) in [6, 6.07) is 3.03. The van der Waals surface area contributed by atoms with E-state index in [1.54, 1.807) is 10.7 Å². The van der Waals surface area contributed by atoms with Crippen LogP contribution in [0, 0.1) is 5.92 Å². The molecule has 4 rings (SSSR count). The van der Waals surface area contributed by atoms with Crippen LogP contribution in [0.5, 0.6) is 0 Å². The van der Waals surface area contributed by atoms with Gasteiger partial charge in [-0.3, -0.25) is 14.3 Å². The minimum Gasteiger partial charge on any atom is -0.444 e. The van der Waals surface area contributed by atoms with Crippen molar-refractivity contribution < 1.29 is 27.5 Å². The van der Waals surface area contributed by atoms with Crippen molar-refractivity contribution in [3.8, 4) is 11.5 Å². The van der Waals surface area contributed by atoms with Gasteiger partial charge in [0.1, 0.15) is 12.1 Å². The Morgan fingerprint density at radius 3 is 2.94 bits per heavy atom. The number of alkyl halides is 2. The topological polar surface area (TPSA) is 150 Å². The molecule has 1 aliphatic rings. The molecule has 0 aliphatic carbocycles. The van der Waals surface area contributed by atoms with Crippen molar-refractivity contribution >= 4 is 23.3 Å². The highest BCUT2D eigenvalue weighted by Crippen LogP contribution is 2.22. The highest BCUT2D eigenvalue weighted by atomic mass is 19.3. The second-order valence-corrected chi connectivity index (χ2v) is 7.40. The molecule has 4 heterocycles. The van der Waals surface area contributed by atoms with Crippen LogP contribution in [0.25, 0.3) is 11.5 Å². The highest BCUT2D eigenvalue weighted by molar-refractivity contribution is 6.07. The van der Waals surface area contributed by atoms with E-state index in [2.05, 4.69) is 25.7 Å². The maximum absolute atomic E-state index is 12.7. The Bertz CT molecular complexity index is 1140. The van der Waals surface area contributed by atoms with Crippen molar-refractivity contribution in [3.63, 3.8) is 0 Å². The molecule has 3 aromatic heterocycles. The minimum absolute atomic E-state index is 0.0590.